The lowest BCUT2D eigenvalue weighted by Crippen LogP contribution is -2.44. The number of anilines is 1. The number of carbonyl (C=O) groups is 1. The van der Waals surface area contributed by atoms with Crippen molar-refractivity contribution < 1.29 is 9.18 Å². The highest BCUT2D eigenvalue weighted by Crippen LogP contribution is 2.38. The van der Waals surface area contributed by atoms with Crippen molar-refractivity contribution in [3.05, 3.63) is 39.9 Å². The topological polar surface area (TPSA) is 57.6 Å². The van der Waals surface area contributed by atoms with Crippen molar-refractivity contribution in [3.8, 4) is 0 Å². The van der Waals surface area contributed by atoms with Crippen LogP contribution in [0.25, 0.3) is 10.9 Å². The molecule has 2 aromatic rings. The lowest BCUT2D eigenvalue weighted by atomic mass is 10.1. The molecular weight excluding hydrogens is 371 g/mol. The maximum absolute atomic E-state index is 15.0. The molecule has 0 radical (unpaired) electrons. The molecule has 2 aliphatic carbocycles. The summed E-state index contributed by atoms with van der Waals surface area (Å²) in [5, 5.41) is 3.56. The second-order valence-electron chi connectivity index (χ2n) is 8.39. The molecule has 0 spiro atoms. The minimum Gasteiger partial charge on any atom is -0.367 e. The summed E-state index contributed by atoms with van der Waals surface area (Å²) in [5.74, 6) is -0.583. The van der Waals surface area contributed by atoms with E-state index < -0.39 is 5.82 Å². The summed E-state index contributed by atoms with van der Waals surface area (Å²) in [7, 11) is 0. The van der Waals surface area contributed by atoms with E-state index in [1.165, 1.54) is 6.07 Å². The smallest absolute Gasteiger partial charge is 0.259 e. The second-order valence-corrected chi connectivity index (χ2v) is 8.39. The van der Waals surface area contributed by atoms with Crippen molar-refractivity contribution in [3.63, 3.8) is 0 Å². The highest BCUT2D eigenvalue weighted by molar-refractivity contribution is 5.98. The third-order valence-corrected chi connectivity index (χ3v) is 6.29. The minimum absolute atomic E-state index is 0.174. The third-order valence-electron chi connectivity index (χ3n) is 6.29. The van der Waals surface area contributed by atoms with E-state index in [1.807, 2.05) is 21.3 Å². The van der Waals surface area contributed by atoms with Crippen LogP contribution in [0.4, 0.5) is 10.1 Å². The second kappa shape index (κ2) is 7.13. The van der Waals surface area contributed by atoms with Gasteiger partial charge in [0.1, 0.15) is 11.4 Å². The van der Waals surface area contributed by atoms with Crippen molar-refractivity contribution in [1.82, 2.24) is 14.8 Å². The first kappa shape index (κ1) is 18.6. The highest BCUT2D eigenvalue weighted by Gasteiger charge is 2.43. The minimum atomic E-state index is -0.398. The Morgan fingerprint density at radius 1 is 1.17 bits per heavy atom. The van der Waals surface area contributed by atoms with Crippen LogP contribution in [-0.4, -0.2) is 53.6 Å². The van der Waals surface area contributed by atoms with Gasteiger partial charge in [-0.15, -0.1) is 0 Å². The average Bonchev–Trinajstić information content (AvgIpc) is 3.65. The Morgan fingerprint density at radius 3 is 2.41 bits per heavy atom. The van der Waals surface area contributed by atoms with Gasteiger partial charge in [0.05, 0.1) is 11.2 Å². The van der Waals surface area contributed by atoms with Crippen LogP contribution >= 0.6 is 0 Å². The van der Waals surface area contributed by atoms with E-state index in [9.17, 15) is 14.0 Å². The number of nitrogens with one attached hydrogen (secondary N) is 1. The van der Waals surface area contributed by atoms with E-state index in [0.29, 0.717) is 23.1 Å². The Bertz CT molecular complexity index is 1010. The lowest BCUT2D eigenvalue weighted by Gasteiger charge is -2.30. The van der Waals surface area contributed by atoms with Crippen LogP contribution in [0.3, 0.4) is 0 Å². The monoisotopic (exact) mass is 398 g/mol. The lowest BCUT2D eigenvalue weighted by molar-refractivity contribution is 0.0728. The molecule has 7 heteroatoms. The van der Waals surface area contributed by atoms with Gasteiger partial charge >= 0.3 is 0 Å². The molecule has 1 saturated heterocycles. The largest absolute Gasteiger partial charge is 0.367 e. The number of aryl methyl sites for hydroxylation is 1. The molecule has 5 rings (SSSR count). The number of carbonyl (C=O) groups excluding carboxylic acids is 1. The molecule has 3 aliphatic rings. The quantitative estimate of drug-likeness (QED) is 0.840. The van der Waals surface area contributed by atoms with E-state index in [1.54, 1.807) is 12.3 Å². The van der Waals surface area contributed by atoms with Crippen LogP contribution < -0.4 is 15.6 Å². The van der Waals surface area contributed by atoms with Gasteiger partial charge in [-0.2, -0.15) is 0 Å². The molecule has 0 bridgehead atoms. The zero-order chi connectivity index (χ0) is 20.1. The number of aromatic nitrogens is 1. The SMILES string of the molecule is CCn1cc(C(=O)N(C2CC2)C2CC2)c(=O)c2cc(F)c(N3CCNCC3)cc21. The summed E-state index contributed by atoms with van der Waals surface area (Å²) in [6, 6.07) is 3.64. The maximum Gasteiger partial charge on any atom is 0.259 e. The van der Waals surface area contributed by atoms with Crippen LogP contribution in [0, 0.1) is 5.82 Å². The fourth-order valence-electron chi connectivity index (χ4n) is 4.44. The summed E-state index contributed by atoms with van der Waals surface area (Å²) in [6.45, 7) is 5.66. The van der Waals surface area contributed by atoms with E-state index >= 15 is 0 Å². The van der Waals surface area contributed by atoms with E-state index in [4.69, 9.17) is 0 Å². The van der Waals surface area contributed by atoms with Gasteiger partial charge in [0, 0.05) is 56.4 Å². The molecule has 1 aromatic heterocycles. The molecular formula is C22H27FN4O2. The van der Waals surface area contributed by atoms with Gasteiger partial charge in [-0.1, -0.05) is 0 Å². The van der Waals surface area contributed by atoms with Gasteiger partial charge in [0.2, 0.25) is 5.43 Å². The van der Waals surface area contributed by atoms with Crippen molar-refractivity contribution in [1.29, 1.82) is 0 Å². The summed E-state index contributed by atoms with van der Waals surface area (Å²) >= 11 is 0. The molecule has 3 fully saturated rings. The molecule has 2 saturated carbocycles. The number of nitrogens with zero attached hydrogens (tertiary/aromatic N) is 3. The molecule has 1 aromatic carbocycles. The first-order valence-corrected chi connectivity index (χ1v) is 10.7. The summed E-state index contributed by atoms with van der Waals surface area (Å²) < 4.78 is 16.9. The van der Waals surface area contributed by atoms with Gasteiger partial charge in [0.25, 0.3) is 5.91 Å². The Kier molecular flexibility index (Phi) is 4.57. The summed E-state index contributed by atoms with van der Waals surface area (Å²) in [6.07, 6.45) is 5.74. The standard InChI is InChI=1S/C22H27FN4O2/c1-2-25-13-17(22(29)27(14-3-4-14)15-5-6-15)21(28)16-11-18(23)20(12-19(16)25)26-9-7-24-8-10-26/h11-15,24H,2-10H2,1H3. The number of piperazine rings is 1. The number of amides is 1. The Labute approximate surface area is 169 Å². The number of hydrogen-bond acceptors (Lipinski definition) is 4. The number of fused-ring (bicyclic) bond motifs is 1. The van der Waals surface area contributed by atoms with Crippen molar-refractivity contribution in [2.75, 3.05) is 31.1 Å². The predicted octanol–water partition coefficient (Wildman–Crippen LogP) is 2.34. The maximum atomic E-state index is 15.0. The Balaban J connectivity index is 1.61. The number of rotatable bonds is 5. The molecule has 0 unspecified atom stereocenters. The zero-order valence-electron chi connectivity index (χ0n) is 16.8. The summed E-state index contributed by atoms with van der Waals surface area (Å²) in [5.41, 5.74) is 1.03. The van der Waals surface area contributed by atoms with Crippen LogP contribution in [0.5, 0.6) is 0 Å². The molecule has 1 N–H and O–H groups in total. The fraction of sp³-hybridized carbons (Fsp3) is 0.545. The first-order chi connectivity index (χ1) is 14.1. The van der Waals surface area contributed by atoms with Gasteiger partial charge in [-0.05, 0) is 44.7 Å². The van der Waals surface area contributed by atoms with Crippen molar-refractivity contribution in [2.24, 2.45) is 0 Å². The van der Waals surface area contributed by atoms with E-state index in [-0.39, 0.29) is 29.0 Å². The Morgan fingerprint density at radius 2 is 1.83 bits per heavy atom. The average molecular weight is 398 g/mol. The van der Waals surface area contributed by atoms with Crippen molar-refractivity contribution in [2.45, 2.75) is 51.2 Å². The highest BCUT2D eigenvalue weighted by atomic mass is 19.1. The van der Waals surface area contributed by atoms with Gasteiger partial charge in [0.15, 0.2) is 0 Å². The molecule has 29 heavy (non-hydrogen) atoms. The molecule has 0 atom stereocenters. The molecule has 1 amide bonds. The molecule has 2 heterocycles. The van der Waals surface area contributed by atoms with Crippen molar-refractivity contribution >= 4 is 22.5 Å². The normalized spacial score (nSPS) is 19.6. The van der Waals surface area contributed by atoms with Crippen LogP contribution in [-0.2, 0) is 6.54 Å². The predicted molar refractivity (Wildman–Crippen MR) is 111 cm³/mol. The number of hydrogen-bond donors (Lipinski definition) is 1. The Hall–Kier alpha value is -2.41. The van der Waals surface area contributed by atoms with Gasteiger partial charge in [-0.3, -0.25) is 9.59 Å². The van der Waals surface area contributed by atoms with Crippen LogP contribution in [0.1, 0.15) is 43.0 Å². The fourth-order valence-corrected chi connectivity index (χ4v) is 4.44. The zero-order valence-corrected chi connectivity index (χ0v) is 16.8. The summed E-state index contributed by atoms with van der Waals surface area (Å²) in [4.78, 5) is 30.4. The van der Waals surface area contributed by atoms with Gasteiger partial charge < -0.3 is 19.7 Å². The molecule has 6 nitrogen and oxygen atoms in total. The van der Waals surface area contributed by atoms with E-state index in [2.05, 4.69) is 5.32 Å². The number of pyridine rings is 1. The van der Waals surface area contributed by atoms with E-state index in [0.717, 1.165) is 51.9 Å². The van der Waals surface area contributed by atoms with Crippen LogP contribution in [0.15, 0.2) is 23.1 Å². The van der Waals surface area contributed by atoms with Gasteiger partial charge in [-0.25, -0.2) is 4.39 Å². The first-order valence-electron chi connectivity index (χ1n) is 10.7. The molecule has 1 aliphatic heterocycles. The number of halogens is 1. The third kappa shape index (κ3) is 3.31. The van der Waals surface area contributed by atoms with Crippen LogP contribution in [0.2, 0.25) is 0 Å². The number of benzene rings is 1. The molecule has 154 valence electrons.